The van der Waals surface area contributed by atoms with Crippen LogP contribution in [0.1, 0.15) is 24.0 Å². The van der Waals surface area contributed by atoms with Crippen molar-refractivity contribution in [2.75, 3.05) is 24.5 Å². The van der Waals surface area contributed by atoms with Crippen LogP contribution in [0, 0.1) is 5.82 Å². The fraction of sp³-hybridized carbons (Fsp3) is 0.350. The molecule has 1 spiro atoms. The van der Waals surface area contributed by atoms with Crippen molar-refractivity contribution in [2.45, 2.75) is 24.7 Å². The lowest BCUT2D eigenvalue weighted by Crippen LogP contribution is -2.44. The summed E-state index contributed by atoms with van der Waals surface area (Å²) in [5.41, 5.74) is 2.80. The van der Waals surface area contributed by atoms with E-state index in [0.29, 0.717) is 13.0 Å². The fourth-order valence-electron chi connectivity index (χ4n) is 4.06. The number of piperidine rings is 1. The summed E-state index contributed by atoms with van der Waals surface area (Å²) in [5.74, 6) is -0.131. The second kappa shape index (κ2) is 6.02. The van der Waals surface area contributed by atoms with Crippen molar-refractivity contribution in [3.05, 3.63) is 65.5 Å². The van der Waals surface area contributed by atoms with E-state index in [0.717, 1.165) is 42.7 Å². The third-order valence-corrected chi connectivity index (χ3v) is 5.34. The van der Waals surface area contributed by atoms with Crippen molar-refractivity contribution in [1.82, 2.24) is 5.32 Å². The zero-order valence-corrected chi connectivity index (χ0v) is 13.6. The second-order valence-electron chi connectivity index (χ2n) is 6.83. The Bertz CT molecular complexity index is 753. The lowest BCUT2D eigenvalue weighted by atomic mass is 9.75. The van der Waals surface area contributed by atoms with Crippen LogP contribution in [0.3, 0.4) is 0 Å². The molecule has 2 heterocycles. The number of hydrogen-bond acceptors (Lipinski definition) is 2. The van der Waals surface area contributed by atoms with Gasteiger partial charge in [0.15, 0.2) is 0 Å². The maximum atomic E-state index is 13.9. The highest BCUT2D eigenvalue weighted by atomic mass is 19.1. The summed E-state index contributed by atoms with van der Waals surface area (Å²) in [6, 6.07) is 14.7. The van der Waals surface area contributed by atoms with Gasteiger partial charge in [0.05, 0.1) is 6.42 Å². The molecule has 1 fully saturated rings. The Hall–Kier alpha value is -2.20. The number of nitrogens with one attached hydrogen (secondary N) is 1. The molecule has 2 aromatic rings. The number of carbonyl (C=O) groups excluding carboxylic acids is 1. The van der Waals surface area contributed by atoms with Crippen molar-refractivity contribution < 1.29 is 9.18 Å². The number of halogens is 1. The minimum absolute atomic E-state index is 0.0875. The summed E-state index contributed by atoms with van der Waals surface area (Å²) in [5, 5.41) is 3.37. The molecule has 0 unspecified atom stereocenters. The van der Waals surface area contributed by atoms with Gasteiger partial charge in [-0.3, -0.25) is 4.79 Å². The Morgan fingerprint density at radius 3 is 2.62 bits per heavy atom. The van der Waals surface area contributed by atoms with E-state index in [4.69, 9.17) is 0 Å². The van der Waals surface area contributed by atoms with Gasteiger partial charge in [-0.15, -0.1) is 0 Å². The van der Waals surface area contributed by atoms with E-state index in [1.165, 1.54) is 6.07 Å². The van der Waals surface area contributed by atoms with Crippen LogP contribution in [-0.4, -0.2) is 25.5 Å². The van der Waals surface area contributed by atoms with E-state index in [-0.39, 0.29) is 17.1 Å². The van der Waals surface area contributed by atoms with Gasteiger partial charge < -0.3 is 10.2 Å². The van der Waals surface area contributed by atoms with Crippen LogP contribution in [0.15, 0.2) is 48.5 Å². The molecule has 0 atom stereocenters. The summed E-state index contributed by atoms with van der Waals surface area (Å²) in [7, 11) is 0. The Balaban J connectivity index is 1.66. The number of fused-ring (bicyclic) bond motifs is 2. The molecule has 3 nitrogen and oxygen atoms in total. The van der Waals surface area contributed by atoms with Crippen molar-refractivity contribution in [1.29, 1.82) is 0 Å². The van der Waals surface area contributed by atoms with Gasteiger partial charge in [-0.05, 0) is 55.3 Å². The Labute approximate surface area is 141 Å². The molecule has 0 radical (unpaired) electrons. The highest BCUT2D eigenvalue weighted by molar-refractivity contribution is 5.97. The molecule has 0 saturated carbocycles. The van der Waals surface area contributed by atoms with Crippen LogP contribution < -0.4 is 10.2 Å². The summed E-state index contributed by atoms with van der Waals surface area (Å²) in [4.78, 5) is 14.8. The quantitative estimate of drug-likeness (QED) is 0.921. The van der Waals surface area contributed by atoms with Gasteiger partial charge >= 0.3 is 0 Å². The first-order valence-corrected chi connectivity index (χ1v) is 8.53. The number of rotatable bonds is 2. The Morgan fingerprint density at radius 2 is 1.88 bits per heavy atom. The summed E-state index contributed by atoms with van der Waals surface area (Å²) in [6.45, 7) is 2.49. The number of nitrogens with zero attached hydrogens (tertiary/aromatic N) is 1. The van der Waals surface area contributed by atoms with Crippen LogP contribution in [0.2, 0.25) is 0 Å². The largest absolute Gasteiger partial charge is 0.317 e. The highest BCUT2D eigenvalue weighted by Gasteiger charge is 2.45. The number of hydrogen-bond donors (Lipinski definition) is 1. The number of amides is 1. The van der Waals surface area contributed by atoms with Gasteiger partial charge in [-0.2, -0.15) is 0 Å². The van der Waals surface area contributed by atoms with E-state index < -0.39 is 0 Å². The van der Waals surface area contributed by atoms with Crippen LogP contribution in [-0.2, 0) is 16.6 Å². The second-order valence-corrected chi connectivity index (χ2v) is 6.83. The van der Waals surface area contributed by atoms with Crippen molar-refractivity contribution in [3.63, 3.8) is 0 Å². The zero-order valence-electron chi connectivity index (χ0n) is 13.6. The lowest BCUT2D eigenvalue weighted by molar-refractivity contribution is -0.118. The molecule has 4 rings (SSSR count). The van der Waals surface area contributed by atoms with Crippen molar-refractivity contribution in [2.24, 2.45) is 0 Å². The lowest BCUT2D eigenvalue weighted by Gasteiger charge is -2.34. The van der Waals surface area contributed by atoms with Crippen LogP contribution in [0.4, 0.5) is 10.1 Å². The Kier molecular flexibility index (Phi) is 3.85. The van der Waals surface area contributed by atoms with E-state index in [2.05, 4.69) is 5.32 Å². The molecule has 0 aliphatic carbocycles. The first-order valence-electron chi connectivity index (χ1n) is 8.53. The summed E-state index contributed by atoms with van der Waals surface area (Å²) in [6.07, 6.45) is 2.27. The maximum absolute atomic E-state index is 13.9. The normalized spacial score (nSPS) is 18.6. The van der Waals surface area contributed by atoms with Crippen LogP contribution >= 0.6 is 0 Å². The predicted molar refractivity (Wildman–Crippen MR) is 92.7 cm³/mol. The number of benzene rings is 2. The third kappa shape index (κ3) is 2.61. The maximum Gasteiger partial charge on any atom is 0.231 e. The molecular weight excluding hydrogens is 303 g/mol. The van der Waals surface area contributed by atoms with Crippen molar-refractivity contribution >= 4 is 11.6 Å². The van der Waals surface area contributed by atoms with E-state index in [1.807, 2.05) is 35.2 Å². The van der Waals surface area contributed by atoms with E-state index in [9.17, 15) is 9.18 Å². The molecule has 1 amide bonds. The molecule has 1 saturated heterocycles. The van der Waals surface area contributed by atoms with Gasteiger partial charge in [-0.25, -0.2) is 4.39 Å². The number of carbonyl (C=O) groups is 1. The standard InChI is InChI=1S/C20H21FN2O/c21-16-6-7-18-17(13-16)20(8-10-22-11-9-20)14-23(18)19(24)12-15-4-2-1-3-5-15/h1-7,13,22H,8-12,14H2. The van der Waals surface area contributed by atoms with E-state index in [1.54, 1.807) is 12.1 Å². The first kappa shape index (κ1) is 15.3. The monoisotopic (exact) mass is 324 g/mol. The van der Waals surface area contributed by atoms with Gasteiger partial charge in [0.25, 0.3) is 0 Å². The Morgan fingerprint density at radius 1 is 1.12 bits per heavy atom. The molecular formula is C20H21FN2O. The molecule has 2 aromatic carbocycles. The summed E-state index contributed by atoms with van der Waals surface area (Å²) >= 11 is 0. The average Bonchev–Trinajstić information content (AvgIpc) is 2.90. The smallest absolute Gasteiger partial charge is 0.231 e. The topological polar surface area (TPSA) is 32.3 Å². The predicted octanol–water partition coefficient (Wildman–Crippen LogP) is 3.04. The zero-order chi connectivity index (χ0) is 16.6. The molecule has 2 aliphatic heterocycles. The SMILES string of the molecule is O=C(Cc1ccccc1)N1CC2(CCNCC2)c2cc(F)ccc21. The minimum atomic E-state index is -0.219. The van der Waals surface area contributed by atoms with Crippen LogP contribution in [0.5, 0.6) is 0 Å². The average molecular weight is 324 g/mol. The molecule has 2 aliphatic rings. The van der Waals surface area contributed by atoms with Gasteiger partial charge in [-0.1, -0.05) is 30.3 Å². The molecule has 24 heavy (non-hydrogen) atoms. The molecule has 124 valence electrons. The van der Waals surface area contributed by atoms with Crippen molar-refractivity contribution in [3.8, 4) is 0 Å². The molecule has 4 heteroatoms. The molecule has 0 aromatic heterocycles. The highest BCUT2D eigenvalue weighted by Crippen LogP contribution is 2.46. The number of anilines is 1. The third-order valence-electron chi connectivity index (χ3n) is 5.34. The molecule has 0 bridgehead atoms. The fourth-order valence-corrected chi connectivity index (χ4v) is 4.06. The minimum Gasteiger partial charge on any atom is -0.317 e. The molecule has 1 N–H and O–H groups in total. The van der Waals surface area contributed by atoms with Gasteiger partial charge in [0.2, 0.25) is 5.91 Å². The van der Waals surface area contributed by atoms with E-state index >= 15 is 0 Å². The first-order chi connectivity index (χ1) is 11.7. The van der Waals surface area contributed by atoms with Crippen LogP contribution in [0.25, 0.3) is 0 Å². The summed E-state index contributed by atoms with van der Waals surface area (Å²) < 4.78 is 13.9. The van der Waals surface area contributed by atoms with Gasteiger partial charge in [0, 0.05) is 17.6 Å². The van der Waals surface area contributed by atoms with Gasteiger partial charge in [0.1, 0.15) is 5.82 Å².